The molecule has 0 atom stereocenters. The highest BCUT2D eigenvalue weighted by Crippen LogP contribution is 1.90. The van der Waals surface area contributed by atoms with E-state index in [1.54, 1.807) is 0 Å². The van der Waals surface area contributed by atoms with Gasteiger partial charge in [-0.3, -0.25) is 5.32 Å². The summed E-state index contributed by atoms with van der Waals surface area (Å²) in [6, 6.07) is 0. The number of hydrogen-bond donors (Lipinski definition) is 3. The fourth-order valence-electron chi connectivity index (χ4n) is 0.954. The maximum atomic E-state index is 8.45. The lowest BCUT2D eigenvalue weighted by atomic mass is 10.2. The first-order valence-electron chi connectivity index (χ1n) is 5.01. The van der Waals surface area contributed by atoms with E-state index in [4.69, 9.17) is 15.6 Å². The van der Waals surface area contributed by atoms with Gasteiger partial charge in [0.25, 0.3) is 0 Å². The van der Waals surface area contributed by atoms with Crippen LogP contribution in [0.1, 0.15) is 25.7 Å². The molecule has 0 aromatic carbocycles. The van der Waals surface area contributed by atoms with Crippen LogP contribution in [0, 0.1) is 0 Å². The van der Waals surface area contributed by atoms with Gasteiger partial charge in [-0.25, -0.2) is 0 Å². The van der Waals surface area contributed by atoms with Crippen LogP contribution >= 0.6 is 0 Å². The summed E-state index contributed by atoms with van der Waals surface area (Å²) < 4.78 is 5.18. The van der Waals surface area contributed by atoms with Crippen molar-refractivity contribution in [3.8, 4) is 0 Å². The molecular formula is C9H22N2O2. The van der Waals surface area contributed by atoms with Crippen molar-refractivity contribution >= 4 is 0 Å². The molecule has 4 nitrogen and oxygen atoms in total. The van der Waals surface area contributed by atoms with Crippen molar-refractivity contribution in [3.05, 3.63) is 0 Å². The monoisotopic (exact) mass is 190 g/mol. The molecule has 0 amide bonds. The number of hydrogen-bond acceptors (Lipinski definition) is 4. The number of nitrogens with two attached hydrogens (primary N) is 1. The molecule has 0 aromatic heterocycles. The minimum absolute atomic E-state index is 0.205. The minimum Gasteiger partial charge on any atom is -0.396 e. The van der Waals surface area contributed by atoms with Gasteiger partial charge in [-0.05, 0) is 32.4 Å². The lowest BCUT2D eigenvalue weighted by molar-refractivity contribution is 0.101. The van der Waals surface area contributed by atoms with Crippen LogP contribution in [0.5, 0.6) is 0 Å². The van der Waals surface area contributed by atoms with Crippen molar-refractivity contribution in [2.75, 3.05) is 33.0 Å². The molecule has 0 fully saturated rings. The Morgan fingerprint density at radius 2 is 2.00 bits per heavy atom. The number of aliphatic hydroxyl groups is 1. The lowest BCUT2D eigenvalue weighted by Crippen LogP contribution is -2.19. The Bertz CT molecular complexity index is 81.7. The third-order valence-electron chi connectivity index (χ3n) is 1.71. The van der Waals surface area contributed by atoms with Crippen molar-refractivity contribution < 1.29 is 9.84 Å². The van der Waals surface area contributed by atoms with E-state index in [2.05, 4.69) is 5.32 Å². The van der Waals surface area contributed by atoms with E-state index < -0.39 is 0 Å². The second kappa shape index (κ2) is 11.8. The van der Waals surface area contributed by atoms with E-state index in [1.807, 2.05) is 0 Å². The summed E-state index contributed by atoms with van der Waals surface area (Å²) in [5.74, 6) is 0. The standard InChI is InChI=1S/C9H22N2O2/c10-5-2-1-3-6-11-9-13-8-4-7-12/h11-12H,1-10H2. The van der Waals surface area contributed by atoms with Gasteiger partial charge in [-0.2, -0.15) is 0 Å². The fourth-order valence-corrected chi connectivity index (χ4v) is 0.954. The van der Waals surface area contributed by atoms with Gasteiger partial charge in [0.15, 0.2) is 0 Å². The van der Waals surface area contributed by atoms with Crippen LogP contribution in [0.4, 0.5) is 0 Å². The SMILES string of the molecule is NCCCCCNCOCCCO. The highest BCUT2D eigenvalue weighted by Gasteiger charge is 1.88. The Morgan fingerprint density at radius 3 is 2.69 bits per heavy atom. The molecule has 0 radical (unpaired) electrons. The topological polar surface area (TPSA) is 67.5 Å². The van der Waals surface area contributed by atoms with Crippen LogP contribution in [-0.2, 0) is 4.74 Å². The minimum atomic E-state index is 0.205. The van der Waals surface area contributed by atoms with E-state index in [0.29, 0.717) is 13.3 Å². The predicted molar refractivity (Wildman–Crippen MR) is 53.4 cm³/mol. The van der Waals surface area contributed by atoms with Crippen molar-refractivity contribution in [1.29, 1.82) is 0 Å². The molecule has 4 N–H and O–H groups in total. The first kappa shape index (κ1) is 12.8. The zero-order valence-electron chi connectivity index (χ0n) is 8.30. The van der Waals surface area contributed by atoms with Crippen LogP contribution in [0.2, 0.25) is 0 Å². The van der Waals surface area contributed by atoms with E-state index in [0.717, 1.165) is 32.4 Å². The summed E-state index contributed by atoms with van der Waals surface area (Å²) in [7, 11) is 0. The van der Waals surface area contributed by atoms with Crippen molar-refractivity contribution in [2.45, 2.75) is 25.7 Å². The average Bonchev–Trinajstić information content (AvgIpc) is 2.16. The summed E-state index contributed by atoms with van der Waals surface area (Å²) in [6.07, 6.45) is 4.16. The molecule has 0 aliphatic carbocycles. The summed E-state index contributed by atoms with van der Waals surface area (Å²) in [6.45, 7) is 3.19. The molecule has 0 saturated heterocycles. The van der Waals surface area contributed by atoms with Gasteiger partial charge in [0.05, 0.1) is 13.3 Å². The molecule has 80 valence electrons. The summed E-state index contributed by atoms with van der Waals surface area (Å²) >= 11 is 0. The van der Waals surface area contributed by atoms with Crippen LogP contribution in [0.25, 0.3) is 0 Å². The van der Waals surface area contributed by atoms with Gasteiger partial charge >= 0.3 is 0 Å². The Labute approximate surface area is 80.5 Å². The van der Waals surface area contributed by atoms with Gasteiger partial charge in [-0.1, -0.05) is 6.42 Å². The van der Waals surface area contributed by atoms with Crippen molar-refractivity contribution in [3.63, 3.8) is 0 Å². The molecule has 0 aromatic rings. The Balaban J connectivity index is 2.76. The molecule has 0 aliphatic rings. The molecule has 0 heterocycles. The largest absolute Gasteiger partial charge is 0.396 e. The van der Waals surface area contributed by atoms with Gasteiger partial charge in [0, 0.05) is 6.61 Å². The summed E-state index contributed by atoms with van der Waals surface area (Å²) in [5.41, 5.74) is 5.36. The molecule has 13 heavy (non-hydrogen) atoms. The van der Waals surface area contributed by atoms with E-state index in [1.165, 1.54) is 6.42 Å². The second-order valence-electron chi connectivity index (χ2n) is 2.98. The molecule has 0 bridgehead atoms. The maximum absolute atomic E-state index is 8.45. The number of rotatable bonds is 10. The van der Waals surface area contributed by atoms with Crippen molar-refractivity contribution in [1.82, 2.24) is 5.32 Å². The molecule has 0 rings (SSSR count). The number of aliphatic hydroxyl groups excluding tert-OH is 1. The predicted octanol–water partition coefficient (Wildman–Crippen LogP) is 0.0615. The molecule has 0 aliphatic heterocycles. The third kappa shape index (κ3) is 11.8. The van der Waals surface area contributed by atoms with E-state index in [-0.39, 0.29) is 6.61 Å². The molecular weight excluding hydrogens is 168 g/mol. The quantitative estimate of drug-likeness (QED) is 0.337. The van der Waals surface area contributed by atoms with Crippen LogP contribution < -0.4 is 11.1 Å². The molecule has 0 saturated carbocycles. The molecule has 0 spiro atoms. The Morgan fingerprint density at radius 1 is 1.15 bits per heavy atom. The van der Waals surface area contributed by atoms with Crippen molar-refractivity contribution in [2.24, 2.45) is 5.73 Å². The second-order valence-corrected chi connectivity index (χ2v) is 2.98. The highest BCUT2D eigenvalue weighted by atomic mass is 16.5. The average molecular weight is 190 g/mol. The number of unbranched alkanes of at least 4 members (excludes halogenated alkanes) is 2. The van der Waals surface area contributed by atoms with Gasteiger partial charge in [0.1, 0.15) is 0 Å². The summed E-state index contributed by atoms with van der Waals surface area (Å²) in [5, 5.41) is 11.6. The smallest absolute Gasteiger partial charge is 0.0965 e. The summed E-state index contributed by atoms with van der Waals surface area (Å²) in [4.78, 5) is 0. The van der Waals surface area contributed by atoms with Crippen LogP contribution in [0.3, 0.4) is 0 Å². The molecule has 0 unspecified atom stereocenters. The number of ether oxygens (including phenoxy) is 1. The Hall–Kier alpha value is -0.160. The Kier molecular flexibility index (Phi) is 11.7. The van der Waals surface area contributed by atoms with E-state index in [9.17, 15) is 0 Å². The zero-order valence-corrected chi connectivity index (χ0v) is 8.30. The van der Waals surface area contributed by atoms with Gasteiger partial charge < -0.3 is 15.6 Å². The number of nitrogens with one attached hydrogen (secondary N) is 1. The van der Waals surface area contributed by atoms with E-state index >= 15 is 0 Å². The maximum Gasteiger partial charge on any atom is 0.0965 e. The highest BCUT2D eigenvalue weighted by molar-refractivity contribution is 4.45. The zero-order chi connectivity index (χ0) is 9.78. The first-order chi connectivity index (χ1) is 6.41. The first-order valence-corrected chi connectivity index (χ1v) is 5.01. The molecule has 4 heteroatoms. The van der Waals surface area contributed by atoms with Gasteiger partial charge in [0.2, 0.25) is 0 Å². The van der Waals surface area contributed by atoms with Crippen LogP contribution in [0.15, 0.2) is 0 Å². The van der Waals surface area contributed by atoms with Gasteiger partial charge in [-0.15, -0.1) is 0 Å². The third-order valence-corrected chi connectivity index (χ3v) is 1.71. The van der Waals surface area contributed by atoms with Crippen LogP contribution in [-0.4, -0.2) is 38.1 Å². The fraction of sp³-hybridized carbons (Fsp3) is 1.00. The normalized spacial score (nSPS) is 10.6. The lowest BCUT2D eigenvalue weighted by Gasteiger charge is -2.04.